The van der Waals surface area contributed by atoms with Crippen LogP contribution in [0.3, 0.4) is 0 Å². The number of hydrogen-bond donors (Lipinski definition) is 3. The quantitative estimate of drug-likeness (QED) is 0.729. The van der Waals surface area contributed by atoms with E-state index >= 15 is 0 Å². The molecule has 1 aliphatic carbocycles. The van der Waals surface area contributed by atoms with Crippen LogP contribution in [0.4, 0.5) is 5.69 Å². The number of fused-ring (bicyclic) bond motifs is 1. The Morgan fingerprint density at radius 2 is 2.26 bits per heavy atom. The minimum absolute atomic E-state index is 0.0430. The van der Waals surface area contributed by atoms with E-state index in [9.17, 15) is 14.7 Å². The van der Waals surface area contributed by atoms with Gasteiger partial charge in [-0.1, -0.05) is 0 Å². The standard InChI is InChI=1S/C13H14N2O4/c16-7-13(3-4-13)15-12(18)8-1-2-9-10(5-8)19-6-11(17)14-9/h1-2,5,16H,3-4,6-7H2,(H,14,17)(H,15,18). The maximum absolute atomic E-state index is 12.0. The lowest BCUT2D eigenvalue weighted by molar-refractivity contribution is -0.118. The molecular weight excluding hydrogens is 248 g/mol. The van der Waals surface area contributed by atoms with Crippen molar-refractivity contribution in [2.45, 2.75) is 18.4 Å². The zero-order valence-electron chi connectivity index (χ0n) is 10.2. The summed E-state index contributed by atoms with van der Waals surface area (Å²) in [4.78, 5) is 23.2. The van der Waals surface area contributed by atoms with Gasteiger partial charge in [0.15, 0.2) is 6.61 Å². The molecule has 0 atom stereocenters. The van der Waals surface area contributed by atoms with Crippen molar-refractivity contribution in [3.8, 4) is 5.75 Å². The molecular formula is C13H14N2O4. The maximum atomic E-state index is 12.0. The average Bonchev–Trinajstić information content (AvgIpc) is 3.18. The number of hydrogen-bond acceptors (Lipinski definition) is 4. The van der Waals surface area contributed by atoms with Gasteiger partial charge in [-0.25, -0.2) is 0 Å². The molecule has 2 aliphatic rings. The first kappa shape index (κ1) is 12.0. The van der Waals surface area contributed by atoms with E-state index < -0.39 is 5.54 Å². The van der Waals surface area contributed by atoms with Crippen LogP contribution >= 0.6 is 0 Å². The molecule has 100 valence electrons. The molecule has 0 spiro atoms. The summed E-state index contributed by atoms with van der Waals surface area (Å²) in [5.74, 6) is 0.0397. The molecule has 0 unspecified atom stereocenters. The number of anilines is 1. The Morgan fingerprint density at radius 1 is 1.47 bits per heavy atom. The number of ether oxygens (including phenoxy) is 1. The molecule has 0 aromatic heterocycles. The normalized spacial score (nSPS) is 18.9. The number of aliphatic hydroxyl groups excluding tert-OH is 1. The van der Waals surface area contributed by atoms with Crippen molar-refractivity contribution in [3.63, 3.8) is 0 Å². The molecule has 0 saturated heterocycles. The van der Waals surface area contributed by atoms with Crippen molar-refractivity contribution in [2.75, 3.05) is 18.5 Å². The number of nitrogens with one attached hydrogen (secondary N) is 2. The van der Waals surface area contributed by atoms with Crippen LogP contribution in [0.2, 0.25) is 0 Å². The van der Waals surface area contributed by atoms with Gasteiger partial charge in [0.05, 0.1) is 17.8 Å². The van der Waals surface area contributed by atoms with Crippen molar-refractivity contribution in [1.82, 2.24) is 5.32 Å². The van der Waals surface area contributed by atoms with Crippen LogP contribution in [0.25, 0.3) is 0 Å². The minimum Gasteiger partial charge on any atom is -0.482 e. The fourth-order valence-corrected chi connectivity index (χ4v) is 2.00. The molecule has 6 nitrogen and oxygen atoms in total. The molecule has 19 heavy (non-hydrogen) atoms. The number of amides is 2. The summed E-state index contributed by atoms with van der Waals surface area (Å²) < 4.78 is 5.26. The third-order valence-electron chi connectivity index (χ3n) is 3.41. The molecule has 0 radical (unpaired) electrons. The Bertz CT molecular complexity index is 552. The van der Waals surface area contributed by atoms with E-state index in [0.717, 1.165) is 12.8 Å². The summed E-state index contributed by atoms with van der Waals surface area (Å²) in [6.07, 6.45) is 1.60. The van der Waals surface area contributed by atoms with Crippen LogP contribution in [0.5, 0.6) is 5.75 Å². The second kappa shape index (κ2) is 4.24. The average molecular weight is 262 g/mol. The first-order chi connectivity index (χ1) is 9.12. The van der Waals surface area contributed by atoms with Crippen LogP contribution in [-0.2, 0) is 4.79 Å². The van der Waals surface area contributed by atoms with Gasteiger partial charge in [0.2, 0.25) is 0 Å². The predicted molar refractivity (Wildman–Crippen MR) is 67.1 cm³/mol. The fraction of sp³-hybridized carbons (Fsp3) is 0.385. The summed E-state index contributed by atoms with van der Waals surface area (Å²) in [5, 5.41) is 14.7. The lowest BCUT2D eigenvalue weighted by Gasteiger charge is -2.19. The van der Waals surface area contributed by atoms with Crippen LogP contribution in [0.15, 0.2) is 18.2 Å². The molecule has 1 saturated carbocycles. The fourth-order valence-electron chi connectivity index (χ4n) is 2.00. The van der Waals surface area contributed by atoms with Crippen LogP contribution < -0.4 is 15.4 Å². The Kier molecular flexibility index (Phi) is 2.67. The smallest absolute Gasteiger partial charge is 0.262 e. The topological polar surface area (TPSA) is 87.7 Å². The van der Waals surface area contributed by atoms with E-state index in [4.69, 9.17) is 4.74 Å². The highest BCUT2D eigenvalue weighted by Crippen LogP contribution is 2.35. The van der Waals surface area contributed by atoms with Crippen molar-refractivity contribution >= 4 is 17.5 Å². The Balaban J connectivity index is 1.78. The monoisotopic (exact) mass is 262 g/mol. The second-order valence-corrected chi connectivity index (χ2v) is 4.94. The Hall–Kier alpha value is -2.08. The van der Waals surface area contributed by atoms with Gasteiger partial charge >= 0.3 is 0 Å². The summed E-state index contributed by atoms with van der Waals surface area (Å²) in [6.45, 7) is -0.0884. The van der Waals surface area contributed by atoms with Gasteiger partial charge in [-0.15, -0.1) is 0 Å². The summed E-state index contributed by atoms with van der Waals surface area (Å²) in [7, 11) is 0. The zero-order chi connectivity index (χ0) is 13.5. The SMILES string of the molecule is O=C1COc2cc(C(=O)NC3(CO)CC3)ccc2N1. The number of benzene rings is 1. The summed E-state index contributed by atoms with van der Waals surface area (Å²) in [5.41, 5.74) is 0.577. The number of aliphatic hydroxyl groups is 1. The molecule has 1 aromatic rings. The van der Waals surface area contributed by atoms with Crippen molar-refractivity contribution in [2.24, 2.45) is 0 Å². The van der Waals surface area contributed by atoms with Gasteiger partial charge in [-0.3, -0.25) is 9.59 Å². The maximum Gasteiger partial charge on any atom is 0.262 e. The molecule has 3 rings (SSSR count). The number of carbonyl (C=O) groups excluding carboxylic acids is 2. The number of rotatable bonds is 3. The van der Waals surface area contributed by atoms with Crippen molar-refractivity contribution < 1.29 is 19.4 Å². The second-order valence-electron chi connectivity index (χ2n) is 4.94. The lowest BCUT2D eigenvalue weighted by atomic mass is 10.1. The molecule has 1 heterocycles. The highest BCUT2D eigenvalue weighted by atomic mass is 16.5. The van der Waals surface area contributed by atoms with Crippen LogP contribution in [-0.4, -0.2) is 35.7 Å². The number of carbonyl (C=O) groups is 2. The van der Waals surface area contributed by atoms with E-state index in [1.165, 1.54) is 0 Å². The molecule has 1 aliphatic heterocycles. The van der Waals surface area contributed by atoms with Gasteiger partial charge in [0.25, 0.3) is 11.8 Å². The molecule has 1 aromatic carbocycles. The first-order valence-electron chi connectivity index (χ1n) is 6.12. The van der Waals surface area contributed by atoms with Crippen molar-refractivity contribution in [3.05, 3.63) is 23.8 Å². The molecule has 6 heteroatoms. The Labute approximate surface area is 109 Å². The lowest BCUT2D eigenvalue weighted by Crippen LogP contribution is -2.39. The van der Waals surface area contributed by atoms with Gasteiger partial charge in [0.1, 0.15) is 5.75 Å². The van der Waals surface area contributed by atoms with E-state index in [2.05, 4.69) is 10.6 Å². The van der Waals surface area contributed by atoms with Crippen LogP contribution in [0.1, 0.15) is 23.2 Å². The van der Waals surface area contributed by atoms with Gasteiger partial charge in [-0.2, -0.15) is 0 Å². The molecule has 2 amide bonds. The highest BCUT2D eigenvalue weighted by molar-refractivity contribution is 5.99. The molecule has 3 N–H and O–H groups in total. The Morgan fingerprint density at radius 3 is 2.95 bits per heavy atom. The largest absolute Gasteiger partial charge is 0.482 e. The van der Waals surface area contributed by atoms with Gasteiger partial charge in [0, 0.05) is 5.56 Å². The van der Waals surface area contributed by atoms with Gasteiger partial charge in [-0.05, 0) is 31.0 Å². The summed E-state index contributed by atoms with van der Waals surface area (Å²) >= 11 is 0. The molecule has 0 bridgehead atoms. The van der Waals surface area contributed by atoms with E-state index in [1.807, 2.05) is 0 Å². The molecule has 1 fully saturated rings. The van der Waals surface area contributed by atoms with Crippen LogP contribution in [0, 0.1) is 0 Å². The van der Waals surface area contributed by atoms with E-state index in [-0.39, 0.29) is 25.0 Å². The third kappa shape index (κ3) is 2.26. The first-order valence-corrected chi connectivity index (χ1v) is 6.12. The zero-order valence-corrected chi connectivity index (χ0v) is 10.2. The van der Waals surface area contributed by atoms with Gasteiger partial charge < -0.3 is 20.5 Å². The van der Waals surface area contributed by atoms with E-state index in [0.29, 0.717) is 17.0 Å². The predicted octanol–water partition coefficient (Wildman–Crippen LogP) is 0.272. The minimum atomic E-state index is -0.442. The third-order valence-corrected chi connectivity index (χ3v) is 3.41. The van der Waals surface area contributed by atoms with Crippen molar-refractivity contribution in [1.29, 1.82) is 0 Å². The summed E-state index contributed by atoms with van der Waals surface area (Å²) in [6, 6.07) is 4.86. The van der Waals surface area contributed by atoms with E-state index in [1.54, 1.807) is 18.2 Å². The highest BCUT2D eigenvalue weighted by Gasteiger charge is 2.43.